The fourth-order valence-electron chi connectivity index (χ4n) is 2.98. The molecule has 0 unspecified atom stereocenters. The van der Waals surface area contributed by atoms with Crippen molar-refractivity contribution in [3.05, 3.63) is 59.4 Å². The van der Waals surface area contributed by atoms with E-state index >= 15 is 0 Å². The van der Waals surface area contributed by atoms with Gasteiger partial charge in [-0.15, -0.1) is 0 Å². The first kappa shape index (κ1) is 16.7. The van der Waals surface area contributed by atoms with E-state index in [2.05, 4.69) is 36.6 Å². The average molecular weight is 344 g/mol. The summed E-state index contributed by atoms with van der Waals surface area (Å²) in [5, 5.41) is 6.84. The van der Waals surface area contributed by atoms with Crippen LogP contribution in [0.5, 0.6) is 5.75 Å². The van der Waals surface area contributed by atoms with E-state index in [9.17, 15) is 4.39 Å². The van der Waals surface area contributed by atoms with Crippen LogP contribution in [0.1, 0.15) is 37.4 Å². The molecule has 1 heterocycles. The number of fused-ring (bicyclic) bond motifs is 1. The van der Waals surface area contributed by atoms with Crippen LogP contribution in [0.3, 0.4) is 0 Å². The van der Waals surface area contributed by atoms with Crippen molar-refractivity contribution in [2.45, 2.75) is 38.8 Å². The third-order valence-electron chi connectivity index (χ3n) is 4.01. The molecule has 2 aromatic rings. The van der Waals surface area contributed by atoms with Crippen LogP contribution in [0.25, 0.3) is 0 Å². The molecule has 0 saturated carbocycles. The largest absolute Gasteiger partial charge is 0.487 e. The first-order valence-electron chi connectivity index (χ1n) is 7.95. The van der Waals surface area contributed by atoms with Crippen LogP contribution in [-0.4, -0.2) is 10.7 Å². The molecule has 3 rings (SSSR count). The Bertz CT molecular complexity index is 776. The molecule has 24 heavy (non-hydrogen) atoms. The Morgan fingerprint density at radius 3 is 2.79 bits per heavy atom. The number of halogens is 1. The van der Waals surface area contributed by atoms with Gasteiger partial charge < -0.3 is 15.4 Å². The lowest BCUT2D eigenvalue weighted by Gasteiger charge is -2.38. The van der Waals surface area contributed by atoms with Crippen LogP contribution in [0, 0.1) is 12.7 Å². The van der Waals surface area contributed by atoms with Crippen LogP contribution in [0.4, 0.5) is 10.1 Å². The number of benzene rings is 2. The lowest BCUT2D eigenvalue weighted by atomic mass is 9.89. The summed E-state index contributed by atoms with van der Waals surface area (Å²) in [5.41, 5.74) is 2.59. The Kier molecular flexibility index (Phi) is 4.45. The fraction of sp³-hybridized carbons (Fsp3) is 0.316. The van der Waals surface area contributed by atoms with E-state index in [0.29, 0.717) is 10.8 Å². The molecular formula is C19H21FN2OS. The SMILES string of the molecule is Cc1ccc2c(c1)OC(C)(C)C[C@@H]2NC(=S)Nc1cccc(F)c1. The van der Waals surface area contributed by atoms with Gasteiger partial charge in [0.05, 0.1) is 6.04 Å². The second-order valence-electron chi connectivity index (χ2n) is 6.77. The van der Waals surface area contributed by atoms with Crippen molar-refractivity contribution in [3.8, 4) is 5.75 Å². The molecule has 0 aliphatic carbocycles. The van der Waals surface area contributed by atoms with E-state index in [1.165, 1.54) is 12.1 Å². The van der Waals surface area contributed by atoms with Crippen LogP contribution in [0.2, 0.25) is 0 Å². The van der Waals surface area contributed by atoms with Crippen LogP contribution < -0.4 is 15.4 Å². The number of rotatable bonds is 2. The number of aryl methyl sites for hydroxylation is 1. The van der Waals surface area contributed by atoms with E-state index in [4.69, 9.17) is 17.0 Å². The van der Waals surface area contributed by atoms with Gasteiger partial charge in [0, 0.05) is 17.7 Å². The second-order valence-corrected chi connectivity index (χ2v) is 7.18. The molecule has 1 atom stereocenters. The predicted octanol–water partition coefficient (Wildman–Crippen LogP) is 4.72. The third-order valence-corrected chi connectivity index (χ3v) is 4.23. The van der Waals surface area contributed by atoms with Gasteiger partial charge >= 0.3 is 0 Å². The van der Waals surface area contributed by atoms with Gasteiger partial charge in [0.2, 0.25) is 0 Å². The van der Waals surface area contributed by atoms with Crippen molar-refractivity contribution in [3.63, 3.8) is 0 Å². The Labute approximate surface area is 147 Å². The molecular weight excluding hydrogens is 323 g/mol. The van der Waals surface area contributed by atoms with Crippen molar-refractivity contribution in [2.24, 2.45) is 0 Å². The van der Waals surface area contributed by atoms with Crippen molar-refractivity contribution < 1.29 is 9.13 Å². The Hall–Kier alpha value is -2.14. The fourth-order valence-corrected chi connectivity index (χ4v) is 3.24. The zero-order valence-corrected chi connectivity index (χ0v) is 14.8. The molecule has 0 radical (unpaired) electrons. The van der Waals surface area contributed by atoms with E-state index < -0.39 is 0 Å². The van der Waals surface area contributed by atoms with Gasteiger partial charge in [-0.2, -0.15) is 0 Å². The summed E-state index contributed by atoms with van der Waals surface area (Å²) in [6.07, 6.45) is 0.786. The summed E-state index contributed by atoms with van der Waals surface area (Å²) in [7, 11) is 0. The molecule has 3 nitrogen and oxygen atoms in total. The molecule has 0 bridgehead atoms. The first-order chi connectivity index (χ1) is 11.3. The normalized spacial score (nSPS) is 18.2. The summed E-state index contributed by atoms with van der Waals surface area (Å²) in [6.45, 7) is 6.18. The molecule has 0 saturated heterocycles. The van der Waals surface area contributed by atoms with E-state index in [-0.39, 0.29) is 17.5 Å². The molecule has 1 aliphatic rings. The molecule has 1 aliphatic heterocycles. The highest BCUT2D eigenvalue weighted by Gasteiger charge is 2.34. The minimum atomic E-state index is -0.296. The number of hydrogen-bond acceptors (Lipinski definition) is 2. The van der Waals surface area contributed by atoms with Crippen molar-refractivity contribution in [1.82, 2.24) is 5.32 Å². The van der Waals surface area contributed by atoms with Gasteiger partial charge in [-0.1, -0.05) is 18.2 Å². The third kappa shape index (κ3) is 3.85. The molecule has 126 valence electrons. The number of nitrogens with one attached hydrogen (secondary N) is 2. The molecule has 0 amide bonds. The summed E-state index contributed by atoms with van der Waals surface area (Å²) in [6, 6.07) is 12.5. The molecule has 2 N–H and O–H groups in total. The van der Waals surface area contributed by atoms with Gasteiger partial charge in [-0.05, 0) is 62.8 Å². The van der Waals surface area contributed by atoms with Crippen molar-refractivity contribution in [1.29, 1.82) is 0 Å². The topological polar surface area (TPSA) is 33.3 Å². The summed E-state index contributed by atoms with van der Waals surface area (Å²) in [4.78, 5) is 0. The van der Waals surface area contributed by atoms with Crippen LogP contribution >= 0.6 is 12.2 Å². The molecule has 0 fully saturated rings. The maximum Gasteiger partial charge on any atom is 0.171 e. The Morgan fingerprint density at radius 2 is 2.04 bits per heavy atom. The number of thiocarbonyl (C=S) groups is 1. The lowest BCUT2D eigenvalue weighted by Crippen LogP contribution is -2.42. The smallest absolute Gasteiger partial charge is 0.171 e. The molecule has 0 aromatic heterocycles. The number of hydrogen-bond donors (Lipinski definition) is 2. The summed E-state index contributed by atoms with van der Waals surface area (Å²) < 4.78 is 19.4. The maximum absolute atomic E-state index is 13.3. The zero-order chi connectivity index (χ0) is 17.3. The van der Waals surface area contributed by atoms with Gasteiger partial charge in [-0.3, -0.25) is 0 Å². The highest BCUT2D eigenvalue weighted by Crippen LogP contribution is 2.39. The minimum Gasteiger partial charge on any atom is -0.487 e. The van der Waals surface area contributed by atoms with Crippen molar-refractivity contribution >= 4 is 23.0 Å². The van der Waals surface area contributed by atoms with Gasteiger partial charge in [0.25, 0.3) is 0 Å². The van der Waals surface area contributed by atoms with E-state index in [1.54, 1.807) is 12.1 Å². The predicted molar refractivity (Wildman–Crippen MR) is 99.0 cm³/mol. The Balaban J connectivity index is 1.78. The highest BCUT2D eigenvalue weighted by molar-refractivity contribution is 7.80. The summed E-state index contributed by atoms with van der Waals surface area (Å²) >= 11 is 5.40. The Morgan fingerprint density at radius 1 is 1.25 bits per heavy atom. The monoisotopic (exact) mass is 344 g/mol. The maximum atomic E-state index is 13.3. The molecule has 5 heteroatoms. The van der Waals surface area contributed by atoms with Gasteiger partial charge in [0.1, 0.15) is 17.2 Å². The van der Waals surface area contributed by atoms with E-state index in [0.717, 1.165) is 23.3 Å². The minimum absolute atomic E-state index is 0.0397. The highest BCUT2D eigenvalue weighted by atomic mass is 32.1. The lowest BCUT2D eigenvalue weighted by molar-refractivity contribution is 0.0696. The average Bonchev–Trinajstić information content (AvgIpc) is 2.45. The van der Waals surface area contributed by atoms with Crippen molar-refractivity contribution in [2.75, 3.05) is 5.32 Å². The quantitative estimate of drug-likeness (QED) is 0.772. The van der Waals surface area contributed by atoms with E-state index in [1.807, 2.05) is 13.0 Å². The standard InChI is InChI=1S/C19H21FN2OS/c1-12-7-8-15-16(11-19(2,3)23-17(15)9-12)22-18(24)21-14-6-4-5-13(20)10-14/h4-10,16H,11H2,1-3H3,(H2,21,22,24)/t16-/m0/s1. The number of anilines is 1. The second kappa shape index (κ2) is 6.40. The van der Waals surface area contributed by atoms with Gasteiger partial charge in [0.15, 0.2) is 5.11 Å². The zero-order valence-electron chi connectivity index (χ0n) is 14.0. The molecule has 2 aromatic carbocycles. The van der Waals surface area contributed by atoms with Gasteiger partial charge in [-0.25, -0.2) is 4.39 Å². The number of ether oxygens (including phenoxy) is 1. The van der Waals surface area contributed by atoms with Crippen LogP contribution in [0.15, 0.2) is 42.5 Å². The summed E-state index contributed by atoms with van der Waals surface area (Å²) in [5.74, 6) is 0.591. The van der Waals surface area contributed by atoms with Crippen LogP contribution in [-0.2, 0) is 0 Å². The first-order valence-corrected chi connectivity index (χ1v) is 8.36. The molecule has 0 spiro atoms.